The smallest absolute Gasteiger partial charge is 0.315 e. The molecule has 0 aliphatic rings. The van der Waals surface area contributed by atoms with Gasteiger partial charge in [0.1, 0.15) is 12.4 Å². The standard InChI is InChI=1S/C19H24N2O2/c1-14-4-7-17(8-5-14)13-21-19(22)20-10-11-23-18-9-6-15(2)12-16(18)3/h4-9,12H,10-11,13H2,1-3H3,(H2,20,21,22). The zero-order chi connectivity index (χ0) is 16.7. The van der Waals surface area contributed by atoms with Crippen molar-refractivity contribution < 1.29 is 9.53 Å². The maximum atomic E-state index is 11.7. The molecule has 0 radical (unpaired) electrons. The van der Waals surface area contributed by atoms with Crippen LogP contribution in [0.4, 0.5) is 4.79 Å². The SMILES string of the molecule is Cc1ccc(CNC(=O)NCCOc2ccc(C)cc2C)cc1. The Balaban J connectivity index is 1.65. The molecule has 0 fully saturated rings. The summed E-state index contributed by atoms with van der Waals surface area (Å²) in [4.78, 5) is 11.7. The number of rotatable bonds is 6. The minimum Gasteiger partial charge on any atom is -0.491 e. The number of hydrogen-bond donors (Lipinski definition) is 2. The van der Waals surface area contributed by atoms with Crippen molar-refractivity contribution in [1.82, 2.24) is 10.6 Å². The number of carbonyl (C=O) groups excluding carboxylic acids is 1. The lowest BCUT2D eigenvalue weighted by Crippen LogP contribution is -2.37. The summed E-state index contributed by atoms with van der Waals surface area (Å²) < 4.78 is 5.68. The highest BCUT2D eigenvalue weighted by molar-refractivity contribution is 5.73. The molecule has 0 atom stereocenters. The van der Waals surface area contributed by atoms with Crippen LogP contribution in [0.5, 0.6) is 5.75 Å². The molecule has 0 heterocycles. The molecule has 0 aliphatic heterocycles. The van der Waals surface area contributed by atoms with Crippen LogP contribution in [0.3, 0.4) is 0 Å². The zero-order valence-corrected chi connectivity index (χ0v) is 14.0. The Labute approximate surface area is 137 Å². The molecule has 23 heavy (non-hydrogen) atoms. The summed E-state index contributed by atoms with van der Waals surface area (Å²) in [5.41, 5.74) is 4.61. The van der Waals surface area contributed by atoms with E-state index in [9.17, 15) is 4.79 Å². The Hall–Kier alpha value is -2.49. The number of aryl methyl sites for hydroxylation is 3. The van der Waals surface area contributed by atoms with Gasteiger partial charge in [-0.2, -0.15) is 0 Å². The molecular weight excluding hydrogens is 288 g/mol. The van der Waals surface area contributed by atoms with Gasteiger partial charge in [-0.05, 0) is 38.0 Å². The summed E-state index contributed by atoms with van der Waals surface area (Å²) in [7, 11) is 0. The molecule has 2 rings (SSSR count). The van der Waals surface area contributed by atoms with Gasteiger partial charge in [-0.25, -0.2) is 4.79 Å². The Morgan fingerprint density at radius 3 is 2.35 bits per heavy atom. The molecule has 0 saturated carbocycles. The number of amides is 2. The highest BCUT2D eigenvalue weighted by Crippen LogP contribution is 2.18. The predicted octanol–water partition coefficient (Wildman–Crippen LogP) is 3.49. The van der Waals surface area contributed by atoms with Gasteiger partial charge in [0.05, 0.1) is 6.54 Å². The van der Waals surface area contributed by atoms with Crippen molar-refractivity contribution in [2.75, 3.05) is 13.2 Å². The molecule has 0 spiro atoms. The average Bonchev–Trinajstić information content (AvgIpc) is 2.52. The van der Waals surface area contributed by atoms with Crippen molar-refractivity contribution in [2.45, 2.75) is 27.3 Å². The number of nitrogens with one attached hydrogen (secondary N) is 2. The van der Waals surface area contributed by atoms with Crippen molar-refractivity contribution in [3.05, 3.63) is 64.7 Å². The van der Waals surface area contributed by atoms with Gasteiger partial charge in [0.25, 0.3) is 0 Å². The van der Waals surface area contributed by atoms with Gasteiger partial charge in [0.2, 0.25) is 0 Å². The first kappa shape index (κ1) is 16.9. The number of ether oxygens (including phenoxy) is 1. The van der Waals surface area contributed by atoms with Crippen LogP contribution in [0.25, 0.3) is 0 Å². The van der Waals surface area contributed by atoms with E-state index in [4.69, 9.17) is 4.74 Å². The molecule has 0 bridgehead atoms. The number of carbonyl (C=O) groups is 1. The fraction of sp³-hybridized carbons (Fsp3) is 0.316. The van der Waals surface area contributed by atoms with E-state index >= 15 is 0 Å². The molecule has 0 saturated heterocycles. The summed E-state index contributed by atoms with van der Waals surface area (Å²) in [5, 5.41) is 5.62. The van der Waals surface area contributed by atoms with Crippen LogP contribution in [-0.2, 0) is 6.54 Å². The van der Waals surface area contributed by atoms with Gasteiger partial charge in [-0.3, -0.25) is 0 Å². The van der Waals surface area contributed by atoms with Gasteiger partial charge in [-0.15, -0.1) is 0 Å². The molecule has 2 N–H and O–H groups in total. The molecule has 4 nitrogen and oxygen atoms in total. The van der Waals surface area contributed by atoms with Crippen molar-refractivity contribution >= 4 is 6.03 Å². The Kier molecular flexibility index (Phi) is 6.03. The second-order valence-corrected chi connectivity index (χ2v) is 5.71. The van der Waals surface area contributed by atoms with E-state index in [1.54, 1.807) is 0 Å². The lowest BCUT2D eigenvalue weighted by atomic mass is 10.1. The van der Waals surface area contributed by atoms with Crippen LogP contribution < -0.4 is 15.4 Å². The first-order valence-electron chi connectivity index (χ1n) is 7.82. The van der Waals surface area contributed by atoms with Crippen LogP contribution in [0.1, 0.15) is 22.3 Å². The third-order valence-electron chi connectivity index (χ3n) is 3.55. The van der Waals surface area contributed by atoms with Crippen LogP contribution in [-0.4, -0.2) is 19.2 Å². The van der Waals surface area contributed by atoms with Crippen molar-refractivity contribution in [3.8, 4) is 5.75 Å². The Morgan fingerprint density at radius 1 is 0.957 bits per heavy atom. The molecule has 4 heteroatoms. The first-order chi connectivity index (χ1) is 11.0. The van der Waals surface area contributed by atoms with Crippen LogP contribution in [0.15, 0.2) is 42.5 Å². The Morgan fingerprint density at radius 2 is 1.65 bits per heavy atom. The molecule has 2 amide bonds. The van der Waals surface area contributed by atoms with E-state index in [-0.39, 0.29) is 6.03 Å². The quantitative estimate of drug-likeness (QED) is 0.802. The topological polar surface area (TPSA) is 50.4 Å². The molecule has 0 aromatic heterocycles. The van der Waals surface area contributed by atoms with Crippen LogP contribution in [0.2, 0.25) is 0 Å². The zero-order valence-electron chi connectivity index (χ0n) is 14.0. The summed E-state index contributed by atoms with van der Waals surface area (Å²) in [6, 6.07) is 14.0. The van der Waals surface area contributed by atoms with Gasteiger partial charge in [-0.1, -0.05) is 47.5 Å². The third kappa shape index (κ3) is 5.66. The number of urea groups is 1. The maximum Gasteiger partial charge on any atom is 0.315 e. The van der Waals surface area contributed by atoms with E-state index in [0.29, 0.717) is 19.7 Å². The van der Waals surface area contributed by atoms with Crippen molar-refractivity contribution in [3.63, 3.8) is 0 Å². The lowest BCUT2D eigenvalue weighted by Gasteiger charge is -2.11. The van der Waals surface area contributed by atoms with E-state index in [0.717, 1.165) is 16.9 Å². The fourth-order valence-electron chi connectivity index (χ4n) is 2.24. The Bertz CT molecular complexity index is 651. The second kappa shape index (κ2) is 8.22. The second-order valence-electron chi connectivity index (χ2n) is 5.71. The molecule has 0 unspecified atom stereocenters. The van der Waals surface area contributed by atoms with Crippen LogP contribution >= 0.6 is 0 Å². The fourth-order valence-corrected chi connectivity index (χ4v) is 2.24. The van der Waals surface area contributed by atoms with Crippen molar-refractivity contribution in [1.29, 1.82) is 0 Å². The highest BCUT2D eigenvalue weighted by atomic mass is 16.5. The van der Waals surface area contributed by atoms with E-state index in [1.165, 1.54) is 11.1 Å². The predicted molar refractivity (Wildman–Crippen MR) is 92.8 cm³/mol. The van der Waals surface area contributed by atoms with Crippen molar-refractivity contribution in [2.24, 2.45) is 0 Å². The number of hydrogen-bond acceptors (Lipinski definition) is 2. The summed E-state index contributed by atoms with van der Waals surface area (Å²) in [6.45, 7) is 7.54. The minimum absolute atomic E-state index is 0.185. The molecule has 2 aromatic rings. The molecule has 122 valence electrons. The maximum absolute atomic E-state index is 11.7. The monoisotopic (exact) mass is 312 g/mol. The average molecular weight is 312 g/mol. The van der Waals surface area contributed by atoms with Gasteiger partial charge >= 0.3 is 6.03 Å². The number of benzene rings is 2. The van der Waals surface area contributed by atoms with Gasteiger partial charge in [0.15, 0.2) is 0 Å². The third-order valence-corrected chi connectivity index (χ3v) is 3.55. The normalized spacial score (nSPS) is 10.2. The lowest BCUT2D eigenvalue weighted by molar-refractivity contribution is 0.236. The molecule has 2 aromatic carbocycles. The summed E-state index contributed by atoms with van der Waals surface area (Å²) in [5.74, 6) is 0.859. The molecule has 0 aliphatic carbocycles. The highest BCUT2D eigenvalue weighted by Gasteiger charge is 2.02. The van der Waals surface area contributed by atoms with Crippen LogP contribution in [0, 0.1) is 20.8 Å². The summed E-state index contributed by atoms with van der Waals surface area (Å²) in [6.07, 6.45) is 0. The van der Waals surface area contributed by atoms with E-state index in [1.807, 2.05) is 50.2 Å². The van der Waals surface area contributed by atoms with E-state index in [2.05, 4.69) is 23.6 Å². The van der Waals surface area contributed by atoms with Gasteiger partial charge in [0, 0.05) is 6.54 Å². The molecular formula is C19H24N2O2. The largest absolute Gasteiger partial charge is 0.491 e. The summed E-state index contributed by atoms with van der Waals surface area (Å²) >= 11 is 0. The van der Waals surface area contributed by atoms with Gasteiger partial charge < -0.3 is 15.4 Å². The first-order valence-corrected chi connectivity index (χ1v) is 7.82. The minimum atomic E-state index is -0.185. The van der Waals surface area contributed by atoms with E-state index < -0.39 is 0 Å².